The van der Waals surface area contributed by atoms with Gasteiger partial charge in [-0.1, -0.05) is 30.3 Å². The first-order chi connectivity index (χ1) is 21.3. The number of rotatable bonds is 7. The molecule has 0 unspecified atom stereocenters. The fraction of sp³-hybridized carbons (Fsp3) is 0.281. The van der Waals surface area contributed by atoms with Crippen LogP contribution in [0.25, 0.3) is 22.1 Å². The summed E-state index contributed by atoms with van der Waals surface area (Å²) in [4.78, 5) is 37.8. The first kappa shape index (κ1) is 31.3. The molecule has 0 bridgehead atoms. The molecule has 5 rings (SSSR count). The predicted molar refractivity (Wildman–Crippen MR) is 164 cm³/mol. The number of anilines is 2. The number of nitrogens with two attached hydrogens (primary N) is 2. The summed E-state index contributed by atoms with van der Waals surface area (Å²) in [7, 11) is 1.37. The molecule has 0 radical (unpaired) electrons. The van der Waals surface area contributed by atoms with Gasteiger partial charge in [0.1, 0.15) is 17.4 Å². The summed E-state index contributed by atoms with van der Waals surface area (Å²) >= 11 is 0. The summed E-state index contributed by atoms with van der Waals surface area (Å²) in [5, 5.41) is 24.6. The van der Waals surface area contributed by atoms with Crippen molar-refractivity contribution in [1.29, 1.82) is 0 Å². The van der Waals surface area contributed by atoms with Gasteiger partial charge in [0.25, 0.3) is 5.91 Å². The number of fused-ring (bicyclic) bond motifs is 1. The van der Waals surface area contributed by atoms with E-state index in [0.717, 1.165) is 5.56 Å². The number of nitrogens with one attached hydrogen (secondary N) is 1. The van der Waals surface area contributed by atoms with E-state index in [9.17, 15) is 24.6 Å². The van der Waals surface area contributed by atoms with Crippen molar-refractivity contribution in [3.05, 3.63) is 82.2 Å². The average molecular weight is 620 g/mol. The predicted octanol–water partition coefficient (Wildman–Crippen LogP) is 3.66. The highest BCUT2D eigenvalue weighted by atomic mass is 16.7. The molecule has 45 heavy (non-hydrogen) atoms. The Morgan fingerprint density at radius 1 is 1.04 bits per heavy atom. The molecule has 2 amide bonds. The number of aliphatic hydroxyl groups is 1. The number of aliphatic hydroxyl groups excluding tert-OH is 1. The summed E-state index contributed by atoms with van der Waals surface area (Å²) in [5.41, 5.74) is 10.9. The van der Waals surface area contributed by atoms with Crippen LogP contribution in [-0.4, -0.2) is 59.5 Å². The van der Waals surface area contributed by atoms with Gasteiger partial charge >= 0.3 is 11.7 Å². The van der Waals surface area contributed by atoms with Crippen LogP contribution in [0, 0.1) is 6.92 Å². The average Bonchev–Trinajstić information content (AvgIpc) is 2.99. The van der Waals surface area contributed by atoms with E-state index in [1.54, 1.807) is 32.9 Å². The Hall–Kier alpha value is -5.11. The highest BCUT2D eigenvalue weighted by Gasteiger charge is 2.53. The van der Waals surface area contributed by atoms with Gasteiger partial charge in [0, 0.05) is 23.9 Å². The number of aromatic hydroxyl groups is 1. The van der Waals surface area contributed by atoms with E-state index in [1.165, 1.54) is 25.3 Å². The quantitative estimate of drug-likeness (QED) is 0.149. The molecule has 7 N–H and O–H groups in total. The van der Waals surface area contributed by atoms with E-state index in [-0.39, 0.29) is 27.8 Å². The Morgan fingerprint density at radius 2 is 1.76 bits per heavy atom. The Kier molecular flexibility index (Phi) is 8.43. The number of ether oxygens (including phenoxy) is 4. The number of hydrogen-bond acceptors (Lipinski definition) is 11. The van der Waals surface area contributed by atoms with Crippen LogP contribution >= 0.6 is 0 Å². The van der Waals surface area contributed by atoms with Crippen molar-refractivity contribution in [3.8, 4) is 22.6 Å². The Labute approximate surface area is 257 Å². The second-order valence-electron chi connectivity index (χ2n) is 11.1. The Morgan fingerprint density at radius 3 is 2.42 bits per heavy atom. The maximum Gasteiger partial charge on any atom is 0.404 e. The van der Waals surface area contributed by atoms with E-state index in [4.69, 9.17) is 34.8 Å². The molecule has 0 spiro atoms. The maximum atomic E-state index is 13.2. The number of primary amides is 1. The van der Waals surface area contributed by atoms with Crippen LogP contribution in [0.3, 0.4) is 0 Å². The fourth-order valence-corrected chi connectivity index (χ4v) is 5.44. The van der Waals surface area contributed by atoms with Gasteiger partial charge in [-0.2, -0.15) is 0 Å². The summed E-state index contributed by atoms with van der Waals surface area (Å²) in [6, 6.07) is 17.0. The monoisotopic (exact) mass is 619 g/mol. The summed E-state index contributed by atoms with van der Waals surface area (Å²) < 4.78 is 27.9. The van der Waals surface area contributed by atoms with E-state index in [0.29, 0.717) is 11.3 Å². The van der Waals surface area contributed by atoms with E-state index in [2.05, 4.69) is 5.32 Å². The first-order valence-corrected chi connectivity index (χ1v) is 13.9. The number of methoxy groups -OCH3 is 1. The minimum Gasteiger partial charge on any atom is -0.505 e. The van der Waals surface area contributed by atoms with Crippen molar-refractivity contribution in [2.45, 2.75) is 51.0 Å². The van der Waals surface area contributed by atoms with Crippen molar-refractivity contribution in [2.75, 3.05) is 18.2 Å². The van der Waals surface area contributed by atoms with Crippen LogP contribution < -0.4 is 27.1 Å². The van der Waals surface area contributed by atoms with Gasteiger partial charge in [0.2, 0.25) is 6.29 Å². The number of carbonyl (C=O) groups excluding carboxylic acids is 2. The van der Waals surface area contributed by atoms with Gasteiger partial charge in [0.05, 0.1) is 11.0 Å². The Bertz CT molecular complexity index is 1820. The van der Waals surface area contributed by atoms with Crippen molar-refractivity contribution < 1.29 is 43.2 Å². The zero-order chi connectivity index (χ0) is 32.6. The van der Waals surface area contributed by atoms with Crippen LogP contribution in [0.5, 0.6) is 11.5 Å². The second kappa shape index (κ2) is 12.1. The van der Waals surface area contributed by atoms with Crippen molar-refractivity contribution >= 4 is 34.3 Å². The van der Waals surface area contributed by atoms with Crippen molar-refractivity contribution in [3.63, 3.8) is 0 Å². The second-order valence-corrected chi connectivity index (χ2v) is 11.1. The minimum absolute atomic E-state index is 0.0346. The maximum absolute atomic E-state index is 13.2. The first-order valence-electron chi connectivity index (χ1n) is 13.9. The summed E-state index contributed by atoms with van der Waals surface area (Å²) in [6.45, 7) is 4.88. The molecule has 0 saturated carbocycles. The molecule has 3 aromatic carbocycles. The smallest absolute Gasteiger partial charge is 0.404 e. The molecule has 1 aliphatic rings. The standard InChI is InChI=1S/C32H33N3O10/c1-15-21(42-30-24(37)26(44-31(34)40)27(41-4)32(2,3)45-30)11-10-20-23(36)22(29(39)43-25(15)20)35-28(38)18-12-17(13-19(33)14-18)16-8-6-5-7-9-16/h5-14,24,26-27,30,36-37H,33H2,1-4H3,(H2,34,40)(H,35,38)/t24-,26+,27-,30-/m1/s1. The molecule has 236 valence electrons. The van der Waals surface area contributed by atoms with Gasteiger partial charge in [-0.05, 0) is 62.2 Å². The number of nitrogen functional groups attached to an aromatic ring is 1. The van der Waals surface area contributed by atoms with Crippen LogP contribution in [-0.2, 0) is 14.2 Å². The highest BCUT2D eigenvalue weighted by Crippen LogP contribution is 2.38. The molecule has 1 fully saturated rings. The third-order valence-corrected chi connectivity index (χ3v) is 7.58. The van der Waals surface area contributed by atoms with Crippen LogP contribution in [0.1, 0.15) is 29.8 Å². The molecule has 4 atom stereocenters. The topological polar surface area (TPSA) is 206 Å². The molecule has 1 aromatic heterocycles. The Balaban J connectivity index is 1.44. The van der Waals surface area contributed by atoms with Gasteiger partial charge in [-0.3, -0.25) is 4.79 Å². The van der Waals surface area contributed by atoms with Crippen LogP contribution in [0.15, 0.2) is 69.9 Å². The lowest BCUT2D eigenvalue weighted by Crippen LogP contribution is -2.65. The number of hydrogen-bond donors (Lipinski definition) is 5. The van der Waals surface area contributed by atoms with Gasteiger partial charge in [0.15, 0.2) is 23.6 Å². The zero-order valence-corrected chi connectivity index (χ0v) is 24.9. The van der Waals surface area contributed by atoms with Gasteiger partial charge < -0.3 is 50.4 Å². The molecular formula is C32H33N3O10. The largest absolute Gasteiger partial charge is 0.505 e. The summed E-state index contributed by atoms with van der Waals surface area (Å²) in [5.74, 6) is -1.08. The lowest BCUT2D eigenvalue weighted by molar-refractivity contribution is -0.304. The molecule has 2 heterocycles. The minimum atomic E-state index is -1.52. The molecule has 1 aliphatic heterocycles. The molecule has 1 saturated heterocycles. The van der Waals surface area contributed by atoms with Crippen molar-refractivity contribution in [2.24, 2.45) is 5.73 Å². The number of amides is 2. The molecule has 0 aliphatic carbocycles. The van der Waals surface area contributed by atoms with Gasteiger partial charge in [-0.15, -0.1) is 0 Å². The molecule has 4 aromatic rings. The van der Waals surface area contributed by atoms with Crippen LogP contribution in [0.2, 0.25) is 0 Å². The molecule has 13 heteroatoms. The number of benzene rings is 3. The number of carbonyl (C=O) groups is 2. The van der Waals surface area contributed by atoms with E-state index < -0.39 is 59.3 Å². The van der Waals surface area contributed by atoms with Gasteiger partial charge in [-0.25, -0.2) is 9.59 Å². The van der Waals surface area contributed by atoms with Crippen molar-refractivity contribution in [1.82, 2.24) is 0 Å². The lowest BCUT2D eigenvalue weighted by Gasteiger charge is -2.47. The SMILES string of the molecule is CO[C@@H]1[C@@H](OC(N)=O)[C@@H](O)[C@H](Oc2ccc3c(O)c(NC(=O)c4cc(N)cc(-c5ccccc5)c4)c(=O)oc3c2C)OC1(C)C. The number of aryl methyl sites for hydroxylation is 1. The zero-order valence-electron chi connectivity index (χ0n) is 24.9. The normalized spacial score (nSPS) is 20.8. The third kappa shape index (κ3) is 6.13. The fourth-order valence-electron chi connectivity index (χ4n) is 5.44. The summed E-state index contributed by atoms with van der Waals surface area (Å²) in [6.07, 6.45) is -6.09. The van der Waals surface area contributed by atoms with Crippen LogP contribution in [0.4, 0.5) is 16.2 Å². The lowest BCUT2D eigenvalue weighted by atomic mass is 9.89. The third-order valence-electron chi connectivity index (χ3n) is 7.58. The van der Waals surface area contributed by atoms with E-state index >= 15 is 0 Å². The van der Waals surface area contributed by atoms with E-state index in [1.807, 2.05) is 30.3 Å². The molecular weight excluding hydrogens is 586 g/mol. The highest BCUT2D eigenvalue weighted by molar-refractivity contribution is 6.07. The molecule has 13 nitrogen and oxygen atoms in total.